The maximum absolute atomic E-state index is 12.9. The van der Waals surface area contributed by atoms with E-state index < -0.39 is 17.3 Å². The summed E-state index contributed by atoms with van der Waals surface area (Å²) in [6, 6.07) is 2.55. The molecule has 0 bridgehead atoms. The van der Waals surface area contributed by atoms with E-state index in [9.17, 15) is 18.3 Å². The zero-order chi connectivity index (χ0) is 13.6. The SMILES string of the molecule is COc1c(CC2(O)CC2)cc(Br)cc1C(F)(F)F. The van der Waals surface area contributed by atoms with Gasteiger partial charge in [-0.1, -0.05) is 15.9 Å². The average molecular weight is 325 g/mol. The van der Waals surface area contributed by atoms with E-state index >= 15 is 0 Å². The second kappa shape index (κ2) is 4.42. The van der Waals surface area contributed by atoms with Gasteiger partial charge >= 0.3 is 6.18 Å². The molecule has 1 aliphatic carbocycles. The largest absolute Gasteiger partial charge is 0.496 e. The molecule has 0 unspecified atom stereocenters. The van der Waals surface area contributed by atoms with Crippen molar-refractivity contribution in [1.29, 1.82) is 0 Å². The normalized spacial score (nSPS) is 17.7. The molecule has 1 N–H and O–H groups in total. The third-order valence-electron chi connectivity index (χ3n) is 2.99. The summed E-state index contributed by atoms with van der Waals surface area (Å²) in [5.74, 6) is -0.203. The van der Waals surface area contributed by atoms with Crippen molar-refractivity contribution in [3.05, 3.63) is 27.7 Å². The van der Waals surface area contributed by atoms with Gasteiger partial charge in [-0.3, -0.25) is 0 Å². The quantitative estimate of drug-likeness (QED) is 0.921. The summed E-state index contributed by atoms with van der Waals surface area (Å²) >= 11 is 3.06. The Morgan fingerprint density at radius 2 is 2.00 bits per heavy atom. The van der Waals surface area contributed by atoms with Crippen molar-refractivity contribution in [2.24, 2.45) is 0 Å². The third-order valence-corrected chi connectivity index (χ3v) is 3.44. The monoisotopic (exact) mass is 324 g/mol. The number of benzene rings is 1. The van der Waals surface area contributed by atoms with Crippen LogP contribution in [0.25, 0.3) is 0 Å². The van der Waals surface area contributed by atoms with E-state index in [0.717, 1.165) is 6.07 Å². The van der Waals surface area contributed by atoms with Crippen molar-refractivity contribution in [3.63, 3.8) is 0 Å². The van der Waals surface area contributed by atoms with Crippen LogP contribution >= 0.6 is 15.9 Å². The minimum absolute atomic E-state index is 0.179. The highest BCUT2D eigenvalue weighted by atomic mass is 79.9. The van der Waals surface area contributed by atoms with Gasteiger partial charge in [-0.05, 0) is 30.5 Å². The number of methoxy groups -OCH3 is 1. The van der Waals surface area contributed by atoms with Crippen molar-refractivity contribution in [2.45, 2.75) is 31.0 Å². The summed E-state index contributed by atoms with van der Waals surface area (Å²) in [4.78, 5) is 0. The van der Waals surface area contributed by atoms with E-state index in [4.69, 9.17) is 4.74 Å². The summed E-state index contributed by atoms with van der Waals surface area (Å²) in [7, 11) is 1.21. The fourth-order valence-corrected chi connectivity index (χ4v) is 2.41. The van der Waals surface area contributed by atoms with E-state index in [0.29, 0.717) is 22.9 Å². The molecule has 1 aliphatic rings. The Kier molecular flexibility index (Phi) is 3.36. The summed E-state index contributed by atoms with van der Waals surface area (Å²) in [5, 5.41) is 9.83. The summed E-state index contributed by atoms with van der Waals surface area (Å²) in [6.45, 7) is 0. The molecule has 0 atom stereocenters. The van der Waals surface area contributed by atoms with Gasteiger partial charge < -0.3 is 9.84 Å². The molecule has 100 valence electrons. The van der Waals surface area contributed by atoms with Crippen molar-refractivity contribution < 1.29 is 23.0 Å². The fraction of sp³-hybridized carbons (Fsp3) is 0.500. The molecule has 1 aromatic carbocycles. The molecule has 0 aromatic heterocycles. The molecule has 0 heterocycles. The van der Waals surface area contributed by atoms with Gasteiger partial charge in [0.2, 0.25) is 0 Å². The van der Waals surface area contributed by atoms with Crippen LogP contribution in [0.2, 0.25) is 0 Å². The Hall–Kier alpha value is -0.750. The van der Waals surface area contributed by atoms with E-state index in [2.05, 4.69) is 15.9 Å². The molecule has 2 nitrogen and oxygen atoms in total. The van der Waals surface area contributed by atoms with Crippen LogP contribution < -0.4 is 4.74 Å². The predicted octanol–water partition coefficient (Wildman–Crippen LogP) is 3.54. The average Bonchev–Trinajstić information content (AvgIpc) is 2.94. The number of aliphatic hydroxyl groups is 1. The Labute approximate surface area is 111 Å². The minimum Gasteiger partial charge on any atom is -0.496 e. The highest BCUT2D eigenvalue weighted by molar-refractivity contribution is 9.10. The molecule has 0 amide bonds. The highest BCUT2D eigenvalue weighted by Gasteiger charge is 2.42. The van der Waals surface area contributed by atoms with Gasteiger partial charge in [0.25, 0.3) is 0 Å². The molecule has 0 saturated heterocycles. The lowest BCUT2D eigenvalue weighted by Crippen LogP contribution is -2.15. The first-order valence-corrected chi connectivity index (χ1v) is 6.20. The molecule has 1 fully saturated rings. The zero-order valence-electron chi connectivity index (χ0n) is 9.64. The van der Waals surface area contributed by atoms with Gasteiger partial charge in [0.1, 0.15) is 5.75 Å². The van der Waals surface area contributed by atoms with Gasteiger partial charge in [-0.2, -0.15) is 13.2 Å². The second-order valence-electron chi connectivity index (χ2n) is 4.54. The molecular formula is C12H12BrF3O2. The van der Waals surface area contributed by atoms with Crippen LogP contribution in [0.3, 0.4) is 0 Å². The molecule has 0 radical (unpaired) electrons. The predicted molar refractivity (Wildman–Crippen MR) is 63.6 cm³/mol. The van der Waals surface area contributed by atoms with Gasteiger partial charge in [-0.15, -0.1) is 0 Å². The van der Waals surface area contributed by atoms with Crippen molar-refractivity contribution in [1.82, 2.24) is 0 Å². The number of alkyl halides is 3. The molecule has 1 saturated carbocycles. The fourth-order valence-electron chi connectivity index (χ4n) is 1.91. The maximum atomic E-state index is 12.9. The number of ether oxygens (including phenoxy) is 1. The second-order valence-corrected chi connectivity index (χ2v) is 5.46. The molecule has 1 aromatic rings. The summed E-state index contributed by atoms with van der Waals surface area (Å²) in [5.41, 5.74) is -1.31. The van der Waals surface area contributed by atoms with E-state index in [-0.39, 0.29) is 12.2 Å². The number of halogens is 4. The zero-order valence-corrected chi connectivity index (χ0v) is 11.2. The van der Waals surface area contributed by atoms with Gasteiger partial charge in [0.05, 0.1) is 18.3 Å². The highest BCUT2D eigenvalue weighted by Crippen LogP contribution is 2.45. The number of hydrogen-bond acceptors (Lipinski definition) is 2. The number of hydrogen-bond donors (Lipinski definition) is 1. The van der Waals surface area contributed by atoms with E-state index in [1.54, 1.807) is 6.07 Å². The van der Waals surface area contributed by atoms with Crippen LogP contribution in [0.1, 0.15) is 24.0 Å². The van der Waals surface area contributed by atoms with Crippen LogP contribution in [0.15, 0.2) is 16.6 Å². The summed E-state index contributed by atoms with van der Waals surface area (Å²) < 4.78 is 43.8. The van der Waals surface area contributed by atoms with E-state index in [1.165, 1.54) is 7.11 Å². The van der Waals surface area contributed by atoms with Gasteiger partial charge in [0.15, 0.2) is 0 Å². The molecule has 6 heteroatoms. The van der Waals surface area contributed by atoms with Crippen LogP contribution in [-0.2, 0) is 12.6 Å². The molecule has 18 heavy (non-hydrogen) atoms. The molecule has 0 spiro atoms. The Bertz CT molecular complexity index is 467. The van der Waals surface area contributed by atoms with Crippen molar-refractivity contribution in [2.75, 3.05) is 7.11 Å². The van der Waals surface area contributed by atoms with Crippen molar-refractivity contribution in [3.8, 4) is 5.75 Å². The first-order valence-electron chi connectivity index (χ1n) is 5.41. The lowest BCUT2D eigenvalue weighted by Gasteiger charge is -2.18. The number of rotatable bonds is 3. The van der Waals surface area contributed by atoms with E-state index in [1.807, 2.05) is 0 Å². The van der Waals surface area contributed by atoms with Crippen LogP contribution in [0.4, 0.5) is 13.2 Å². The Morgan fingerprint density at radius 1 is 1.39 bits per heavy atom. The van der Waals surface area contributed by atoms with Crippen LogP contribution in [0.5, 0.6) is 5.75 Å². The van der Waals surface area contributed by atoms with Gasteiger partial charge in [0, 0.05) is 10.9 Å². The third kappa shape index (κ3) is 2.80. The van der Waals surface area contributed by atoms with Crippen molar-refractivity contribution >= 4 is 15.9 Å². The topological polar surface area (TPSA) is 29.5 Å². The van der Waals surface area contributed by atoms with Gasteiger partial charge in [-0.25, -0.2) is 0 Å². The Morgan fingerprint density at radius 3 is 2.44 bits per heavy atom. The minimum atomic E-state index is -4.48. The standard InChI is InChI=1S/C12H12BrF3O2/c1-18-10-7(6-11(17)2-3-11)4-8(13)5-9(10)12(14,15)16/h4-5,17H,2-3,6H2,1H3. The molecule has 2 rings (SSSR count). The molecular weight excluding hydrogens is 313 g/mol. The lowest BCUT2D eigenvalue weighted by atomic mass is 10.0. The first-order chi connectivity index (χ1) is 8.25. The maximum Gasteiger partial charge on any atom is 0.420 e. The smallest absolute Gasteiger partial charge is 0.420 e. The van der Waals surface area contributed by atoms with Crippen LogP contribution in [-0.4, -0.2) is 17.8 Å². The molecule has 0 aliphatic heterocycles. The summed E-state index contributed by atoms with van der Waals surface area (Å²) in [6.07, 6.45) is -3.07. The first kappa shape index (κ1) is 13.7. The lowest BCUT2D eigenvalue weighted by molar-refractivity contribution is -0.138. The Balaban J connectivity index is 2.47. The van der Waals surface area contributed by atoms with Crippen LogP contribution in [0, 0.1) is 0 Å².